The van der Waals surface area contributed by atoms with E-state index in [1.54, 1.807) is 18.5 Å². The molecule has 0 saturated heterocycles. The van der Waals surface area contributed by atoms with Crippen LogP contribution < -0.4 is 10.6 Å². The number of hydrogen-bond donors (Lipinski definition) is 3. The molecule has 2 rings (SSSR count). The molecule has 108 valence electrons. The van der Waals surface area contributed by atoms with Crippen molar-refractivity contribution in [2.45, 2.75) is 6.92 Å². The average Bonchev–Trinajstić information content (AvgIpc) is 2.48. The van der Waals surface area contributed by atoms with E-state index in [2.05, 4.69) is 10.6 Å². The molecule has 0 radical (unpaired) electrons. The van der Waals surface area contributed by atoms with E-state index >= 15 is 0 Å². The normalized spacial score (nSPS) is 11.0. The first-order valence-corrected chi connectivity index (χ1v) is 6.95. The van der Waals surface area contributed by atoms with Gasteiger partial charge in [-0.05, 0) is 55.0 Å². The number of thiocarbonyl (C=S) groups is 1. The van der Waals surface area contributed by atoms with E-state index in [1.165, 1.54) is 0 Å². The number of rotatable bonds is 3. The van der Waals surface area contributed by atoms with Crippen molar-refractivity contribution in [1.82, 2.24) is 5.32 Å². The maximum absolute atomic E-state index is 9.27. The highest BCUT2D eigenvalue weighted by Gasteiger charge is 2.04. The summed E-state index contributed by atoms with van der Waals surface area (Å²) in [5.41, 5.74) is 3.06. The monoisotopic (exact) mass is 300 g/mol. The Hall–Kier alpha value is -2.40. The van der Waals surface area contributed by atoms with Gasteiger partial charge in [-0.15, -0.1) is 0 Å². The predicted molar refractivity (Wildman–Crippen MR) is 90.6 cm³/mol. The lowest BCUT2D eigenvalue weighted by molar-refractivity contribution is -0.401. The molecule has 0 amide bonds. The highest BCUT2D eigenvalue weighted by atomic mass is 32.1. The lowest BCUT2D eigenvalue weighted by atomic mass is 10.2. The van der Waals surface area contributed by atoms with Crippen molar-refractivity contribution < 1.29 is 9.68 Å². The summed E-state index contributed by atoms with van der Waals surface area (Å²) in [5, 5.41) is 16.0. The minimum atomic E-state index is 0.247. The Bertz CT molecular complexity index is 665. The highest BCUT2D eigenvalue weighted by molar-refractivity contribution is 7.80. The van der Waals surface area contributed by atoms with Crippen molar-refractivity contribution in [3.8, 4) is 5.75 Å². The first kappa shape index (κ1) is 15.0. The SMILES string of the molecule is Cc1ccccc1NC(=S)NC=[N+](C)c1ccc(O)cc1. The molecule has 0 bridgehead atoms. The Balaban J connectivity index is 1.98. The van der Waals surface area contributed by atoms with Crippen LogP contribution in [0.4, 0.5) is 11.4 Å². The molecular formula is C16H18N3OS+. The molecular weight excluding hydrogens is 282 g/mol. The van der Waals surface area contributed by atoms with Crippen LogP contribution in [-0.4, -0.2) is 28.2 Å². The van der Waals surface area contributed by atoms with Crippen LogP contribution in [0.3, 0.4) is 0 Å². The van der Waals surface area contributed by atoms with Gasteiger partial charge in [0.2, 0.25) is 6.34 Å². The van der Waals surface area contributed by atoms with Gasteiger partial charge in [0.05, 0.1) is 7.05 Å². The van der Waals surface area contributed by atoms with Crippen LogP contribution >= 0.6 is 12.2 Å². The number of nitrogens with one attached hydrogen (secondary N) is 2. The first-order chi connectivity index (χ1) is 10.1. The smallest absolute Gasteiger partial charge is 0.264 e. The molecule has 2 aromatic carbocycles. The number of aromatic hydroxyl groups is 1. The van der Waals surface area contributed by atoms with Crippen LogP contribution in [0.15, 0.2) is 48.5 Å². The molecule has 5 heteroatoms. The number of aryl methyl sites for hydroxylation is 1. The van der Waals surface area contributed by atoms with Crippen molar-refractivity contribution in [1.29, 1.82) is 0 Å². The molecule has 4 nitrogen and oxygen atoms in total. The predicted octanol–water partition coefficient (Wildman–Crippen LogP) is 2.99. The molecule has 0 aliphatic heterocycles. The summed E-state index contributed by atoms with van der Waals surface area (Å²) in [4.78, 5) is 0. The van der Waals surface area contributed by atoms with Crippen LogP contribution in [0.5, 0.6) is 5.75 Å². The third-order valence-electron chi connectivity index (χ3n) is 3.04. The summed E-state index contributed by atoms with van der Waals surface area (Å²) in [5.74, 6) is 0.247. The minimum absolute atomic E-state index is 0.247. The molecule has 0 aliphatic rings. The maximum atomic E-state index is 9.27. The molecule has 0 heterocycles. The summed E-state index contributed by atoms with van der Waals surface area (Å²) in [7, 11) is 1.90. The van der Waals surface area contributed by atoms with Crippen LogP contribution in [0, 0.1) is 6.92 Å². The second-order valence-corrected chi connectivity index (χ2v) is 5.08. The number of benzene rings is 2. The van der Waals surface area contributed by atoms with Gasteiger partial charge in [-0.3, -0.25) is 0 Å². The van der Waals surface area contributed by atoms with Gasteiger partial charge in [0, 0.05) is 5.69 Å². The number of para-hydroxylation sites is 1. The van der Waals surface area contributed by atoms with Gasteiger partial charge in [0.1, 0.15) is 11.4 Å². The summed E-state index contributed by atoms with van der Waals surface area (Å²) >= 11 is 5.26. The van der Waals surface area contributed by atoms with Crippen molar-refractivity contribution >= 4 is 35.0 Å². The van der Waals surface area contributed by atoms with E-state index < -0.39 is 0 Å². The maximum Gasteiger partial charge on any atom is 0.264 e. The van der Waals surface area contributed by atoms with Crippen LogP contribution in [0.25, 0.3) is 0 Å². The van der Waals surface area contributed by atoms with E-state index in [9.17, 15) is 5.11 Å². The molecule has 0 spiro atoms. The van der Waals surface area contributed by atoms with E-state index in [1.807, 2.05) is 54.9 Å². The number of anilines is 1. The molecule has 21 heavy (non-hydrogen) atoms. The fraction of sp³-hybridized carbons (Fsp3) is 0.125. The van der Waals surface area contributed by atoms with Crippen LogP contribution in [0.1, 0.15) is 5.56 Å². The third-order valence-corrected chi connectivity index (χ3v) is 3.26. The van der Waals surface area contributed by atoms with Gasteiger partial charge in [-0.2, -0.15) is 0 Å². The van der Waals surface area contributed by atoms with Gasteiger partial charge in [0.15, 0.2) is 0 Å². The topological polar surface area (TPSA) is 47.3 Å². The number of hydrogen-bond acceptors (Lipinski definition) is 2. The summed E-state index contributed by atoms with van der Waals surface area (Å²) in [6, 6.07) is 14.9. The van der Waals surface area contributed by atoms with E-state index in [4.69, 9.17) is 12.2 Å². The highest BCUT2D eigenvalue weighted by Crippen LogP contribution is 2.15. The zero-order valence-corrected chi connectivity index (χ0v) is 12.8. The number of phenols is 1. The van der Waals surface area contributed by atoms with Crippen molar-refractivity contribution in [2.75, 3.05) is 12.4 Å². The standard InChI is InChI=1S/C16H17N3OS/c1-12-5-3-4-6-15(12)18-16(21)17-11-19(2)13-7-9-14(20)10-8-13/h3-11H,1-2H3,(H2,18,20,21)/p+1. The second kappa shape index (κ2) is 6.85. The van der Waals surface area contributed by atoms with E-state index in [0.717, 1.165) is 16.9 Å². The summed E-state index contributed by atoms with van der Waals surface area (Å²) in [6.45, 7) is 2.03. The third kappa shape index (κ3) is 4.29. The Morgan fingerprint density at radius 3 is 2.48 bits per heavy atom. The molecule has 0 aliphatic carbocycles. The fourth-order valence-corrected chi connectivity index (χ4v) is 1.95. The first-order valence-electron chi connectivity index (χ1n) is 6.54. The van der Waals surface area contributed by atoms with Crippen molar-refractivity contribution in [3.63, 3.8) is 0 Å². The Labute approximate surface area is 129 Å². The quantitative estimate of drug-likeness (QED) is 0.353. The van der Waals surface area contributed by atoms with Crippen molar-refractivity contribution in [2.24, 2.45) is 0 Å². The zero-order valence-electron chi connectivity index (χ0n) is 12.0. The zero-order chi connectivity index (χ0) is 15.2. The molecule has 3 N–H and O–H groups in total. The number of nitrogens with zero attached hydrogens (tertiary/aromatic N) is 1. The molecule has 2 aromatic rings. The average molecular weight is 300 g/mol. The van der Waals surface area contributed by atoms with Crippen LogP contribution in [-0.2, 0) is 0 Å². The molecule has 0 saturated carbocycles. The lowest BCUT2D eigenvalue weighted by Gasteiger charge is -2.07. The molecule has 0 fully saturated rings. The van der Waals surface area contributed by atoms with Crippen molar-refractivity contribution in [3.05, 3.63) is 54.1 Å². The second-order valence-electron chi connectivity index (χ2n) is 4.67. The largest absolute Gasteiger partial charge is 0.508 e. The van der Waals surface area contributed by atoms with Gasteiger partial charge >= 0.3 is 0 Å². The van der Waals surface area contributed by atoms with Gasteiger partial charge in [0.25, 0.3) is 5.11 Å². The van der Waals surface area contributed by atoms with E-state index in [0.29, 0.717) is 5.11 Å². The molecule has 0 atom stereocenters. The van der Waals surface area contributed by atoms with Gasteiger partial charge < -0.3 is 10.4 Å². The fourth-order valence-electron chi connectivity index (χ4n) is 1.79. The Morgan fingerprint density at radius 1 is 1.14 bits per heavy atom. The summed E-state index contributed by atoms with van der Waals surface area (Å²) in [6.07, 6.45) is 1.76. The van der Waals surface area contributed by atoms with E-state index in [-0.39, 0.29) is 5.75 Å². The number of phenolic OH excluding ortho intramolecular Hbond substituents is 1. The van der Waals surface area contributed by atoms with Gasteiger partial charge in [-0.25, -0.2) is 9.89 Å². The van der Waals surface area contributed by atoms with Crippen LogP contribution in [0.2, 0.25) is 0 Å². The Morgan fingerprint density at radius 2 is 1.81 bits per heavy atom. The van der Waals surface area contributed by atoms with Gasteiger partial charge in [-0.1, -0.05) is 18.2 Å². The Kier molecular flexibility index (Phi) is 4.90. The molecule has 0 unspecified atom stereocenters. The summed E-state index contributed by atoms with van der Waals surface area (Å²) < 4.78 is 1.88. The lowest BCUT2D eigenvalue weighted by Crippen LogP contribution is -2.30. The molecule has 0 aromatic heterocycles. The minimum Gasteiger partial charge on any atom is -0.508 e.